The van der Waals surface area contributed by atoms with Gasteiger partial charge in [0.25, 0.3) is 0 Å². The number of hydrogen-bond acceptors (Lipinski definition) is 3. The van der Waals surface area contributed by atoms with Crippen molar-refractivity contribution in [2.24, 2.45) is 0 Å². The normalized spacial score (nSPS) is 12.0. The molecule has 0 aliphatic heterocycles. The molecule has 42 heavy (non-hydrogen) atoms. The SMILES string of the molecule is CCCCCCCCCCCCCCCCCCCC(=O)OC(CCCCCCCC)CCCCCCCCC(=O)O. The highest BCUT2D eigenvalue weighted by Gasteiger charge is 2.14. The zero-order valence-electron chi connectivity index (χ0n) is 28.6. The Kier molecular flexibility index (Phi) is 33.6. The van der Waals surface area contributed by atoms with Crippen LogP contribution in [0.2, 0.25) is 0 Å². The number of rotatable bonds is 35. The highest BCUT2D eigenvalue weighted by Crippen LogP contribution is 2.19. The molecule has 0 saturated heterocycles. The molecule has 0 aliphatic carbocycles. The smallest absolute Gasteiger partial charge is 0.306 e. The van der Waals surface area contributed by atoms with E-state index in [4.69, 9.17) is 9.84 Å². The molecule has 250 valence electrons. The summed E-state index contributed by atoms with van der Waals surface area (Å²) in [4.78, 5) is 23.2. The average molecular weight is 595 g/mol. The van der Waals surface area contributed by atoms with Crippen molar-refractivity contribution in [3.8, 4) is 0 Å². The van der Waals surface area contributed by atoms with Gasteiger partial charge in [0.05, 0.1) is 0 Å². The third kappa shape index (κ3) is 33.4. The van der Waals surface area contributed by atoms with Gasteiger partial charge < -0.3 is 9.84 Å². The summed E-state index contributed by atoms with van der Waals surface area (Å²) in [6.45, 7) is 4.54. The number of aliphatic carboxylic acids is 1. The number of unbranched alkanes of at least 4 members (excludes halogenated alkanes) is 26. The van der Waals surface area contributed by atoms with Crippen LogP contribution in [-0.2, 0) is 14.3 Å². The van der Waals surface area contributed by atoms with Crippen LogP contribution in [0.1, 0.15) is 226 Å². The van der Waals surface area contributed by atoms with Crippen molar-refractivity contribution in [2.45, 2.75) is 232 Å². The summed E-state index contributed by atoms with van der Waals surface area (Å²) >= 11 is 0. The Morgan fingerprint density at radius 2 is 0.714 bits per heavy atom. The summed E-state index contributed by atoms with van der Waals surface area (Å²) in [5.74, 6) is -0.676. The Balaban J connectivity index is 3.82. The van der Waals surface area contributed by atoms with E-state index >= 15 is 0 Å². The lowest BCUT2D eigenvalue weighted by Crippen LogP contribution is -2.18. The van der Waals surface area contributed by atoms with Gasteiger partial charge in [0.2, 0.25) is 0 Å². The highest BCUT2D eigenvalue weighted by molar-refractivity contribution is 5.69. The second-order valence-electron chi connectivity index (χ2n) is 13.1. The molecule has 0 saturated carbocycles. The summed E-state index contributed by atoms with van der Waals surface area (Å²) in [6, 6.07) is 0. The number of hydrogen-bond donors (Lipinski definition) is 1. The average Bonchev–Trinajstić information content (AvgIpc) is 2.97. The van der Waals surface area contributed by atoms with Gasteiger partial charge in [0, 0.05) is 12.8 Å². The first-order chi connectivity index (χ1) is 20.6. The van der Waals surface area contributed by atoms with E-state index in [9.17, 15) is 9.59 Å². The molecule has 4 heteroatoms. The fourth-order valence-electron chi connectivity index (χ4n) is 6.01. The third-order valence-corrected chi connectivity index (χ3v) is 8.83. The molecule has 0 aromatic carbocycles. The predicted molar refractivity (Wildman–Crippen MR) is 181 cm³/mol. The zero-order valence-corrected chi connectivity index (χ0v) is 28.6. The number of carboxylic acid groups (broad SMARTS) is 1. The number of carboxylic acids is 1. The fraction of sp³-hybridized carbons (Fsp3) is 0.947. The maximum Gasteiger partial charge on any atom is 0.306 e. The molecular weight excluding hydrogens is 520 g/mol. The summed E-state index contributed by atoms with van der Waals surface area (Å²) in [5, 5.41) is 8.75. The molecule has 0 aromatic heterocycles. The van der Waals surface area contributed by atoms with E-state index in [0.717, 1.165) is 70.6 Å². The third-order valence-electron chi connectivity index (χ3n) is 8.83. The molecule has 0 radical (unpaired) electrons. The number of carbonyl (C=O) groups excluding carboxylic acids is 1. The minimum Gasteiger partial charge on any atom is -0.481 e. The van der Waals surface area contributed by atoms with E-state index in [0.29, 0.717) is 6.42 Å². The molecule has 1 atom stereocenters. The minimum absolute atomic E-state index is 0.0145. The first-order valence-corrected chi connectivity index (χ1v) is 19.0. The molecule has 0 aliphatic rings. The molecule has 0 aromatic rings. The Labute approximate surface area is 262 Å². The second kappa shape index (κ2) is 34.4. The number of esters is 1. The van der Waals surface area contributed by atoms with Gasteiger partial charge in [0.1, 0.15) is 6.10 Å². The molecule has 0 heterocycles. The lowest BCUT2D eigenvalue weighted by atomic mass is 10.0. The second-order valence-corrected chi connectivity index (χ2v) is 13.1. The molecule has 0 spiro atoms. The van der Waals surface area contributed by atoms with Crippen molar-refractivity contribution >= 4 is 11.9 Å². The van der Waals surface area contributed by atoms with Gasteiger partial charge in [0.15, 0.2) is 0 Å². The molecule has 0 bridgehead atoms. The highest BCUT2D eigenvalue weighted by atomic mass is 16.5. The van der Waals surface area contributed by atoms with E-state index in [2.05, 4.69) is 13.8 Å². The molecule has 0 amide bonds. The maximum atomic E-state index is 12.6. The van der Waals surface area contributed by atoms with Crippen molar-refractivity contribution in [3.63, 3.8) is 0 Å². The van der Waals surface area contributed by atoms with Crippen molar-refractivity contribution in [3.05, 3.63) is 0 Å². The first kappa shape index (κ1) is 40.9. The van der Waals surface area contributed by atoms with E-state index in [1.165, 1.54) is 128 Å². The van der Waals surface area contributed by atoms with Crippen LogP contribution in [0.4, 0.5) is 0 Å². The predicted octanol–water partition coefficient (Wildman–Crippen LogP) is 12.9. The summed E-state index contributed by atoms with van der Waals surface area (Å²) in [6.07, 6.45) is 39.9. The van der Waals surface area contributed by atoms with Gasteiger partial charge in [-0.1, -0.05) is 174 Å². The van der Waals surface area contributed by atoms with Crippen LogP contribution >= 0.6 is 0 Å². The quantitative estimate of drug-likeness (QED) is 0.0585. The summed E-state index contributed by atoms with van der Waals surface area (Å²) in [5.41, 5.74) is 0. The van der Waals surface area contributed by atoms with Crippen molar-refractivity contribution in [1.82, 2.24) is 0 Å². The van der Waals surface area contributed by atoms with Crippen LogP contribution in [-0.4, -0.2) is 23.1 Å². The van der Waals surface area contributed by atoms with Gasteiger partial charge in [-0.15, -0.1) is 0 Å². The molecule has 0 fully saturated rings. The van der Waals surface area contributed by atoms with Crippen LogP contribution in [0, 0.1) is 0 Å². The van der Waals surface area contributed by atoms with Crippen molar-refractivity contribution in [1.29, 1.82) is 0 Å². The van der Waals surface area contributed by atoms with Crippen LogP contribution in [0.25, 0.3) is 0 Å². The Morgan fingerprint density at radius 1 is 0.429 bits per heavy atom. The lowest BCUT2D eigenvalue weighted by molar-refractivity contribution is -0.150. The van der Waals surface area contributed by atoms with Crippen molar-refractivity contribution in [2.75, 3.05) is 0 Å². The van der Waals surface area contributed by atoms with Crippen LogP contribution in [0.15, 0.2) is 0 Å². The van der Waals surface area contributed by atoms with Crippen LogP contribution < -0.4 is 0 Å². The molecule has 0 rings (SSSR count). The minimum atomic E-state index is -0.691. The molecule has 1 unspecified atom stereocenters. The van der Waals surface area contributed by atoms with Gasteiger partial charge in [-0.25, -0.2) is 0 Å². The van der Waals surface area contributed by atoms with Gasteiger partial charge in [-0.05, 0) is 38.5 Å². The van der Waals surface area contributed by atoms with Gasteiger partial charge >= 0.3 is 11.9 Å². The number of ether oxygens (including phenoxy) is 1. The first-order valence-electron chi connectivity index (χ1n) is 19.0. The van der Waals surface area contributed by atoms with Crippen LogP contribution in [0.3, 0.4) is 0 Å². The lowest BCUT2D eigenvalue weighted by Gasteiger charge is -2.18. The van der Waals surface area contributed by atoms with E-state index in [-0.39, 0.29) is 18.5 Å². The zero-order chi connectivity index (χ0) is 30.8. The summed E-state index contributed by atoms with van der Waals surface area (Å²) in [7, 11) is 0. The Bertz CT molecular complexity index is 561. The maximum absolute atomic E-state index is 12.6. The van der Waals surface area contributed by atoms with Crippen LogP contribution in [0.5, 0.6) is 0 Å². The topological polar surface area (TPSA) is 63.6 Å². The molecule has 4 nitrogen and oxygen atoms in total. The summed E-state index contributed by atoms with van der Waals surface area (Å²) < 4.78 is 5.97. The monoisotopic (exact) mass is 595 g/mol. The Morgan fingerprint density at radius 3 is 1.05 bits per heavy atom. The van der Waals surface area contributed by atoms with Crippen molar-refractivity contribution < 1.29 is 19.4 Å². The van der Waals surface area contributed by atoms with E-state index < -0.39 is 5.97 Å². The Hall–Kier alpha value is -1.06. The largest absolute Gasteiger partial charge is 0.481 e. The van der Waals surface area contributed by atoms with E-state index in [1.54, 1.807) is 0 Å². The fourth-order valence-corrected chi connectivity index (χ4v) is 6.01. The number of carbonyl (C=O) groups is 2. The molecular formula is C38H74O4. The standard InChI is InChI=1S/C38H74O4/c1-3-5-7-9-11-12-13-14-15-16-17-18-19-20-21-27-31-35-38(41)42-36(32-28-24-10-8-6-4-2)33-29-25-22-23-26-30-34-37(39)40/h36H,3-35H2,1-2H3,(H,39,40). The molecule has 1 N–H and O–H groups in total. The van der Waals surface area contributed by atoms with E-state index in [1.807, 2.05) is 0 Å². The van der Waals surface area contributed by atoms with Gasteiger partial charge in [-0.3, -0.25) is 9.59 Å². The van der Waals surface area contributed by atoms with Gasteiger partial charge in [-0.2, -0.15) is 0 Å².